The Morgan fingerprint density at radius 2 is 1.10 bits per heavy atom. The molecule has 1 amide bonds. The van der Waals surface area contributed by atoms with E-state index in [4.69, 9.17) is 44.2 Å². The van der Waals surface area contributed by atoms with Crippen LogP contribution in [-0.2, 0) is 43.6 Å². The molecule has 0 radical (unpaired) electrons. The molecule has 0 aliphatic heterocycles. The molecular formula is C52H48Cl2N16O3. The fourth-order valence-electron chi connectivity index (χ4n) is 9.21. The number of carbonyl (C=O) groups excluding carboxylic acids is 3. The average Bonchev–Trinajstić information content (AvgIpc) is 3.98. The number of aryl methyl sites for hydroxylation is 4. The van der Waals surface area contributed by atoms with Crippen LogP contribution in [0.5, 0.6) is 0 Å². The molecule has 10 aromatic rings. The number of imidazole rings is 4. The Kier molecular flexibility index (Phi) is 13.1. The summed E-state index contributed by atoms with van der Waals surface area (Å²) in [6, 6.07) is 13.9. The smallest absolute Gasteiger partial charge is 0.217 e. The van der Waals surface area contributed by atoms with Crippen LogP contribution in [0.3, 0.4) is 0 Å². The van der Waals surface area contributed by atoms with Gasteiger partial charge < -0.3 is 23.3 Å². The lowest BCUT2D eigenvalue weighted by Crippen LogP contribution is -2.11. The second kappa shape index (κ2) is 20.2. The number of halogens is 2. The Hall–Kier alpha value is -8.08. The summed E-state index contributed by atoms with van der Waals surface area (Å²) in [6.07, 6.45) is 26.9. The maximum absolute atomic E-state index is 12.8. The maximum Gasteiger partial charge on any atom is 0.217 e. The first-order chi connectivity index (χ1) is 35.5. The molecule has 2 aliphatic rings. The van der Waals surface area contributed by atoms with Crippen molar-refractivity contribution < 1.29 is 14.4 Å². The number of nitriles is 1. The fourth-order valence-corrected chi connectivity index (χ4v) is 9.53. The highest BCUT2D eigenvalue weighted by Gasteiger charge is 2.27. The van der Waals surface area contributed by atoms with Crippen molar-refractivity contribution in [3.05, 3.63) is 165 Å². The van der Waals surface area contributed by atoms with E-state index in [1.54, 1.807) is 46.5 Å². The van der Waals surface area contributed by atoms with Crippen LogP contribution in [0.25, 0.3) is 22.3 Å². The minimum Gasteiger partial charge on any atom is -0.370 e. The fraction of sp³-hybridized carbons (Fsp3) is 0.308. The number of fused-ring (bicyclic) bond motifs is 4. The van der Waals surface area contributed by atoms with Crippen LogP contribution < -0.4 is 5.73 Å². The molecule has 19 nitrogen and oxygen atoms in total. The minimum atomic E-state index is -0.327. The Bertz CT molecular complexity index is 3770. The second-order valence-electron chi connectivity index (χ2n) is 18.8. The molecule has 21 heteroatoms. The highest BCUT2D eigenvalue weighted by Crippen LogP contribution is 2.41. The van der Waals surface area contributed by atoms with Crippen molar-refractivity contribution in [2.45, 2.75) is 102 Å². The Morgan fingerprint density at radius 3 is 1.55 bits per heavy atom. The molecule has 2 N–H and O–H groups in total. The molecular weight excluding hydrogens is 968 g/mol. The summed E-state index contributed by atoms with van der Waals surface area (Å²) in [5, 5.41) is 26.8. The summed E-state index contributed by atoms with van der Waals surface area (Å²) in [5.41, 5.74) is 17.4. The third-order valence-electron chi connectivity index (χ3n) is 13.3. The Morgan fingerprint density at radius 1 is 0.616 bits per heavy atom. The minimum absolute atomic E-state index is 0.0905. The molecule has 2 saturated carbocycles. The van der Waals surface area contributed by atoms with Crippen molar-refractivity contribution in [2.75, 3.05) is 0 Å². The van der Waals surface area contributed by atoms with E-state index < -0.39 is 0 Å². The topological polar surface area (TPSA) is 232 Å². The molecule has 368 valence electrons. The number of carbonyl (C=O) groups is 3. The summed E-state index contributed by atoms with van der Waals surface area (Å²) in [4.78, 5) is 55.3. The third-order valence-corrected chi connectivity index (χ3v) is 13.7. The van der Waals surface area contributed by atoms with Gasteiger partial charge in [-0.2, -0.15) is 5.26 Å². The van der Waals surface area contributed by atoms with E-state index in [9.17, 15) is 14.4 Å². The Labute approximate surface area is 427 Å². The van der Waals surface area contributed by atoms with Gasteiger partial charge in [-0.15, -0.1) is 10.2 Å². The van der Waals surface area contributed by atoms with Gasteiger partial charge in [0.15, 0.2) is 11.6 Å². The number of nitrogens with zero attached hydrogens (tertiary/aromatic N) is 15. The van der Waals surface area contributed by atoms with Gasteiger partial charge in [-0.3, -0.25) is 14.4 Å². The predicted molar refractivity (Wildman–Crippen MR) is 270 cm³/mol. The Balaban J connectivity index is 0.000000157. The van der Waals surface area contributed by atoms with Gasteiger partial charge in [-0.25, -0.2) is 29.3 Å². The van der Waals surface area contributed by atoms with Crippen molar-refractivity contribution in [1.82, 2.24) is 67.5 Å². The number of ketones is 2. The largest absolute Gasteiger partial charge is 0.370 e. The van der Waals surface area contributed by atoms with Gasteiger partial charge in [-0.05, 0) is 110 Å². The van der Waals surface area contributed by atoms with Gasteiger partial charge >= 0.3 is 0 Å². The summed E-state index contributed by atoms with van der Waals surface area (Å²) in [7, 11) is 0. The van der Waals surface area contributed by atoms with Gasteiger partial charge in [-0.1, -0.05) is 45.8 Å². The van der Waals surface area contributed by atoms with Crippen molar-refractivity contribution in [3.8, 4) is 6.07 Å². The van der Waals surface area contributed by atoms with Crippen LogP contribution in [0.2, 0.25) is 10.0 Å². The van der Waals surface area contributed by atoms with Crippen LogP contribution in [-0.4, -0.2) is 85.0 Å². The molecule has 10 aromatic heterocycles. The standard InChI is InChI=1S/C26H25ClN8O2.C26H23ClN8O/c27-19-7-8-33-15-29-21(23(33)10-19)4-5-24(36)22-14-35(32-31-22)13-20-12-34-11-18(16-1-2-16)9-17(26(34)30-20)3-6-25(28)37;27-20-7-9-33-16-29-22(24(33)11-20)5-6-25(36)23-15-35(32-31-23)14-21-13-34-12-19(17-3-4-17)10-18(2-1-8-28)26(34)30-21/h7-12,14-16H,1-6,13H2,(H2,28,37);7,9-13,15-17H,1-6,14H2. The predicted octanol–water partition coefficient (Wildman–Crippen LogP) is 7.81. The zero-order chi connectivity index (χ0) is 50.2. The van der Waals surface area contributed by atoms with Gasteiger partial charge in [0, 0.05) is 72.9 Å². The summed E-state index contributed by atoms with van der Waals surface area (Å²) in [6.45, 7) is 0.781. The number of aromatic nitrogens is 14. The van der Waals surface area contributed by atoms with Crippen LogP contribution >= 0.6 is 23.2 Å². The van der Waals surface area contributed by atoms with Crippen molar-refractivity contribution in [2.24, 2.45) is 5.73 Å². The quantitative estimate of drug-likeness (QED) is 0.0765. The first-order valence-electron chi connectivity index (χ1n) is 24.2. The third kappa shape index (κ3) is 10.8. The van der Waals surface area contributed by atoms with E-state index in [2.05, 4.69) is 65.6 Å². The number of Topliss-reactive ketones (excluding diaryl/α,β-unsaturated/α-hetero) is 2. The van der Waals surface area contributed by atoms with E-state index in [-0.39, 0.29) is 36.7 Å². The summed E-state index contributed by atoms with van der Waals surface area (Å²) >= 11 is 12.2. The molecule has 0 aromatic carbocycles. The molecule has 10 heterocycles. The average molecular weight is 1020 g/mol. The van der Waals surface area contributed by atoms with E-state index in [0.29, 0.717) is 78.5 Å². The van der Waals surface area contributed by atoms with Gasteiger partial charge in [0.05, 0.1) is 78.0 Å². The molecule has 0 atom stereocenters. The summed E-state index contributed by atoms with van der Waals surface area (Å²) in [5.74, 6) is 0.664. The normalized spacial score (nSPS) is 13.5. The monoisotopic (exact) mass is 1010 g/mol. The molecule has 2 fully saturated rings. The lowest BCUT2D eigenvalue weighted by molar-refractivity contribution is -0.118. The van der Waals surface area contributed by atoms with Crippen LogP contribution in [0, 0.1) is 11.3 Å². The molecule has 0 saturated heterocycles. The van der Waals surface area contributed by atoms with Gasteiger partial charge in [0.1, 0.15) is 22.7 Å². The van der Waals surface area contributed by atoms with Gasteiger partial charge in [0.25, 0.3) is 0 Å². The van der Waals surface area contributed by atoms with E-state index in [0.717, 1.165) is 56.2 Å². The number of hydrogen-bond donors (Lipinski definition) is 1. The number of pyridine rings is 4. The molecule has 73 heavy (non-hydrogen) atoms. The summed E-state index contributed by atoms with van der Waals surface area (Å²) < 4.78 is 11.1. The van der Waals surface area contributed by atoms with Crippen molar-refractivity contribution in [1.29, 1.82) is 5.26 Å². The molecule has 0 spiro atoms. The lowest BCUT2D eigenvalue weighted by Gasteiger charge is -2.06. The molecule has 12 rings (SSSR count). The maximum atomic E-state index is 12.8. The molecule has 2 aliphatic carbocycles. The number of hydrogen-bond acceptors (Lipinski definition) is 12. The highest BCUT2D eigenvalue weighted by atomic mass is 35.5. The van der Waals surface area contributed by atoms with E-state index in [1.807, 2.05) is 50.1 Å². The van der Waals surface area contributed by atoms with Crippen molar-refractivity contribution in [3.63, 3.8) is 0 Å². The molecule has 0 bridgehead atoms. The highest BCUT2D eigenvalue weighted by molar-refractivity contribution is 6.31. The first kappa shape index (κ1) is 47.3. The number of rotatable bonds is 19. The number of amides is 1. The van der Waals surface area contributed by atoms with Crippen molar-refractivity contribution >= 4 is 63.0 Å². The number of nitrogens with two attached hydrogens (primary N) is 1. The van der Waals surface area contributed by atoms with Crippen LogP contribution in [0.4, 0.5) is 0 Å². The lowest BCUT2D eigenvalue weighted by atomic mass is 10.1. The zero-order valence-corrected chi connectivity index (χ0v) is 41.1. The SMILES string of the molecule is N#CCCc1cc(C2CC2)cn2cc(Cn3cc(C(=O)CCc4ncn5ccc(Cl)cc45)nn3)nc12.NC(=O)CCc1cc(C2CC2)cn2cc(Cn3cc(C(=O)CCc4ncn5ccc(Cl)cc45)nn3)nc12. The second-order valence-corrected chi connectivity index (χ2v) is 19.7. The van der Waals surface area contributed by atoms with Gasteiger partial charge in [0.2, 0.25) is 5.91 Å². The van der Waals surface area contributed by atoms with Crippen LogP contribution in [0.1, 0.15) is 129 Å². The first-order valence-corrected chi connectivity index (χ1v) is 25.0. The zero-order valence-electron chi connectivity index (χ0n) is 39.6. The van der Waals surface area contributed by atoms with E-state index >= 15 is 0 Å². The van der Waals surface area contributed by atoms with Crippen LogP contribution in [0.15, 0.2) is 98.6 Å². The van der Waals surface area contributed by atoms with E-state index in [1.165, 1.54) is 36.8 Å². The molecule has 0 unspecified atom stereocenters. The number of primary amides is 1.